The van der Waals surface area contributed by atoms with Crippen molar-refractivity contribution in [1.29, 1.82) is 0 Å². The molecule has 0 radical (unpaired) electrons. The van der Waals surface area contributed by atoms with E-state index >= 15 is 0 Å². The van der Waals surface area contributed by atoms with E-state index in [1.165, 1.54) is 24.6 Å². The molecule has 6 nitrogen and oxygen atoms in total. The summed E-state index contributed by atoms with van der Waals surface area (Å²) < 4.78 is 13.3. The van der Waals surface area contributed by atoms with Crippen molar-refractivity contribution in [3.63, 3.8) is 0 Å². The first kappa shape index (κ1) is 23.7. The Morgan fingerprint density at radius 1 is 1.19 bits per heavy atom. The molecule has 2 saturated heterocycles. The van der Waals surface area contributed by atoms with E-state index in [9.17, 15) is 19.1 Å². The van der Waals surface area contributed by atoms with Crippen molar-refractivity contribution < 1.29 is 19.1 Å². The predicted molar refractivity (Wildman–Crippen MR) is 119 cm³/mol. The molecule has 170 valence electrons. The van der Waals surface area contributed by atoms with Crippen LogP contribution < -0.4 is 0 Å². The van der Waals surface area contributed by atoms with E-state index in [0.29, 0.717) is 38.2 Å². The number of amides is 2. The fourth-order valence-corrected chi connectivity index (χ4v) is 4.43. The van der Waals surface area contributed by atoms with Gasteiger partial charge in [0.2, 0.25) is 11.8 Å². The Bertz CT molecular complexity index is 804. The lowest BCUT2D eigenvalue weighted by atomic mass is 10.0. The van der Waals surface area contributed by atoms with E-state index in [-0.39, 0.29) is 29.5 Å². The van der Waals surface area contributed by atoms with E-state index in [0.717, 1.165) is 32.4 Å². The zero-order valence-electron chi connectivity index (χ0n) is 17.8. The highest BCUT2D eigenvalue weighted by Gasteiger charge is 2.24. The van der Waals surface area contributed by atoms with Crippen LogP contribution in [0.3, 0.4) is 0 Å². The van der Waals surface area contributed by atoms with Crippen molar-refractivity contribution >= 4 is 29.5 Å². The lowest BCUT2D eigenvalue weighted by molar-refractivity contribution is -0.130. The molecule has 1 unspecified atom stereocenters. The lowest BCUT2D eigenvalue weighted by Crippen LogP contribution is -2.43. The van der Waals surface area contributed by atoms with Gasteiger partial charge in [0, 0.05) is 51.3 Å². The van der Waals surface area contributed by atoms with E-state index in [1.807, 2.05) is 4.90 Å². The Labute approximate surface area is 188 Å². The summed E-state index contributed by atoms with van der Waals surface area (Å²) in [6, 6.07) is 4.53. The number of hydrogen-bond acceptors (Lipinski definition) is 4. The normalized spacial score (nSPS) is 21.0. The summed E-state index contributed by atoms with van der Waals surface area (Å²) in [5.41, 5.74) is 0.645. The van der Waals surface area contributed by atoms with Gasteiger partial charge in [0.15, 0.2) is 0 Å². The molecule has 3 rings (SSSR count). The molecule has 0 aromatic heterocycles. The van der Waals surface area contributed by atoms with Gasteiger partial charge in [-0.25, -0.2) is 4.39 Å². The monoisotopic (exact) mass is 451 g/mol. The van der Waals surface area contributed by atoms with E-state index in [1.54, 1.807) is 17.0 Å². The molecule has 0 saturated carbocycles. The Morgan fingerprint density at radius 3 is 2.81 bits per heavy atom. The van der Waals surface area contributed by atoms with Crippen LogP contribution in [0.15, 0.2) is 24.3 Å². The molecule has 1 N–H and O–H groups in total. The fourth-order valence-electron chi connectivity index (χ4n) is 4.24. The maximum Gasteiger partial charge on any atom is 0.246 e. The van der Waals surface area contributed by atoms with Crippen molar-refractivity contribution in [2.75, 3.05) is 45.9 Å². The van der Waals surface area contributed by atoms with Crippen molar-refractivity contribution in [3.8, 4) is 0 Å². The van der Waals surface area contributed by atoms with Crippen molar-refractivity contribution in [1.82, 2.24) is 14.7 Å². The lowest BCUT2D eigenvalue weighted by Gasteiger charge is -2.35. The first-order valence-electron chi connectivity index (χ1n) is 11.0. The number of rotatable bonds is 7. The zero-order valence-corrected chi connectivity index (χ0v) is 18.6. The molecule has 2 amide bonds. The molecular weight excluding hydrogens is 421 g/mol. The van der Waals surface area contributed by atoms with Gasteiger partial charge in [-0.2, -0.15) is 0 Å². The number of aliphatic hydroxyl groups excluding tert-OH is 1. The molecule has 1 aromatic carbocycles. The SMILES string of the molecule is O=C(/C=C/c1ccc(F)c(Cl)c1)N1CCC(=O)N(CCCN2CCCCC2CO)CC1. The first-order chi connectivity index (χ1) is 15.0. The zero-order chi connectivity index (χ0) is 22.2. The molecular formula is C23H31ClFN3O3. The van der Waals surface area contributed by atoms with E-state index in [4.69, 9.17) is 11.6 Å². The minimum Gasteiger partial charge on any atom is -0.395 e. The van der Waals surface area contributed by atoms with E-state index < -0.39 is 5.82 Å². The summed E-state index contributed by atoms with van der Waals surface area (Å²) in [5.74, 6) is -0.598. The molecule has 31 heavy (non-hydrogen) atoms. The van der Waals surface area contributed by atoms with Crippen molar-refractivity contribution in [2.24, 2.45) is 0 Å². The maximum absolute atomic E-state index is 13.3. The molecule has 1 aromatic rings. The average Bonchev–Trinajstić information content (AvgIpc) is 2.96. The van der Waals surface area contributed by atoms with Gasteiger partial charge in [-0.05, 0) is 49.6 Å². The van der Waals surface area contributed by atoms with Gasteiger partial charge in [-0.3, -0.25) is 14.5 Å². The highest BCUT2D eigenvalue weighted by atomic mass is 35.5. The van der Waals surface area contributed by atoms with Gasteiger partial charge in [-0.15, -0.1) is 0 Å². The Kier molecular flexibility index (Phi) is 8.87. The molecule has 2 aliphatic heterocycles. The van der Waals surface area contributed by atoms with Crippen LogP contribution in [0.4, 0.5) is 4.39 Å². The third kappa shape index (κ3) is 6.76. The second-order valence-electron chi connectivity index (χ2n) is 8.18. The van der Waals surface area contributed by atoms with Gasteiger partial charge in [0.05, 0.1) is 11.6 Å². The second-order valence-corrected chi connectivity index (χ2v) is 8.59. The Hall–Kier alpha value is -1.96. The van der Waals surface area contributed by atoms with E-state index in [2.05, 4.69) is 4.90 Å². The molecule has 2 fully saturated rings. The third-order valence-electron chi connectivity index (χ3n) is 6.09. The Morgan fingerprint density at radius 2 is 2.03 bits per heavy atom. The standard InChI is InChI=1S/C23H31ClFN3O3/c24-20-16-18(5-7-21(20)25)6-8-22(30)28-13-9-23(31)27(14-15-28)12-3-11-26-10-2-1-4-19(26)17-29/h5-8,16,19,29H,1-4,9-15,17H2/b8-6+. The second kappa shape index (κ2) is 11.6. The molecule has 0 aliphatic carbocycles. The summed E-state index contributed by atoms with van der Waals surface area (Å²) in [5, 5.41) is 9.55. The molecule has 8 heteroatoms. The summed E-state index contributed by atoms with van der Waals surface area (Å²) in [6.07, 6.45) is 7.58. The van der Waals surface area contributed by atoms with Crippen LogP contribution in [0, 0.1) is 5.82 Å². The quantitative estimate of drug-likeness (QED) is 0.647. The first-order valence-corrected chi connectivity index (χ1v) is 11.4. The van der Waals surface area contributed by atoms with Crippen LogP contribution in [-0.4, -0.2) is 83.5 Å². The van der Waals surface area contributed by atoms with Crippen LogP contribution >= 0.6 is 11.6 Å². The Balaban J connectivity index is 1.47. The number of hydrogen-bond donors (Lipinski definition) is 1. The molecule has 2 aliphatic rings. The van der Waals surface area contributed by atoms with Crippen molar-refractivity contribution in [2.45, 2.75) is 38.1 Å². The summed E-state index contributed by atoms with van der Waals surface area (Å²) in [4.78, 5) is 30.9. The van der Waals surface area contributed by atoms with Crippen LogP contribution in [0.5, 0.6) is 0 Å². The van der Waals surface area contributed by atoms with Gasteiger partial charge in [0.25, 0.3) is 0 Å². The number of carbonyl (C=O) groups is 2. The smallest absolute Gasteiger partial charge is 0.246 e. The van der Waals surface area contributed by atoms with Crippen LogP contribution in [0.1, 0.15) is 37.7 Å². The number of piperidine rings is 1. The molecule has 1 atom stereocenters. The third-order valence-corrected chi connectivity index (χ3v) is 6.38. The number of aliphatic hydroxyl groups is 1. The maximum atomic E-state index is 13.3. The molecule has 2 heterocycles. The minimum atomic E-state index is -0.497. The predicted octanol–water partition coefficient (Wildman–Crippen LogP) is 2.79. The van der Waals surface area contributed by atoms with Gasteiger partial charge >= 0.3 is 0 Å². The molecule has 0 spiro atoms. The number of likely N-dealkylation sites (tertiary alicyclic amines) is 1. The number of carbonyl (C=O) groups excluding carboxylic acids is 2. The van der Waals surface area contributed by atoms with Crippen LogP contribution in [-0.2, 0) is 9.59 Å². The van der Waals surface area contributed by atoms with Gasteiger partial charge in [-0.1, -0.05) is 24.1 Å². The number of halogens is 2. The van der Waals surface area contributed by atoms with Crippen molar-refractivity contribution in [3.05, 3.63) is 40.7 Å². The topological polar surface area (TPSA) is 64.1 Å². The number of benzene rings is 1. The minimum absolute atomic E-state index is 0.0143. The average molecular weight is 452 g/mol. The summed E-state index contributed by atoms with van der Waals surface area (Å²) in [6.45, 7) is 4.14. The summed E-state index contributed by atoms with van der Waals surface area (Å²) in [7, 11) is 0. The number of nitrogens with zero attached hydrogens (tertiary/aromatic N) is 3. The largest absolute Gasteiger partial charge is 0.395 e. The summed E-state index contributed by atoms with van der Waals surface area (Å²) >= 11 is 5.78. The highest BCUT2D eigenvalue weighted by Crippen LogP contribution is 2.18. The van der Waals surface area contributed by atoms with Crippen LogP contribution in [0.2, 0.25) is 5.02 Å². The highest BCUT2D eigenvalue weighted by molar-refractivity contribution is 6.30. The van der Waals surface area contributed by atoms with Gasteiger partial charge < -0.3 is 14.9 Å². The fraction of sp³-hybridized carbons (Fsp3) is 0.565. The van der Waals surface area contributed by atoms with Gasteiger partial charge in [0.1, 0.15) is 5.82 Å². The van der Waals surface area contributed by atoms with Crippen LogP contribution in [0.25, 0.3) is 6.08 Å². The molecule has 0 bridgehead atoms.